The SMILES string of the molecule is CCNC(=NCc1scnc1C)N(C)Cc1cc(Br)cn1C.I. The normalized spacial score (nSPS) is 11.3. The highest BCUT2D eigenvalue weighted by Gasteiger charge is 2.10. The summed E-state index contributed by atoms with van der Waals surface area (Å²) in [6.07, 6.45) is 2.06. The summed E-state index contributed by atoms with van der Waals surface area (Å²) in [5, 5.41) is 3.35. The number of aryl methyl sites for hydroxylation is 2. The zero-order chi connectivity index (χ0) is 16.1. The van der Waals surface area contributed by atoms with Gasteiger partial charge in [0.2, 0.25) is 0 Å². The summed E-state index contributed by atoms with van der Waals surface area (Å²) in [6.45, 7) is 6.43. The van der Waals surface area contributed by atoms with E-state index in [1.54, 1.807) is 11.3 Å². The number of aromatic nitrogens is 2. The fourth-order valence-corrected chi connectivity index (χ4v) is 3.41. The Morgan fingerprint density at radius 1 is 1.52 bits per heavy atom. The molecule has 0 fully saturated rings. The summed E-state index contributed by atoms with van der Waals surface area (Å²) in [6, 6.07) is 2.13. The quantitative estimate of drug-likeness (QED) is 0.377. The van der Waals surface area contributed by atoms with E-state index in [9.17, 15) is 0 Å². The van der Waals surface area contributed by atoms with Crippen molar-refractivity contribution in [3.63, 3.8) is 0 Å². The minimum Gasteiger partial charge on any atom is -0.357 e. The molecule has 0 aromatic carbocycles. The highest BCUT2D eigenvalue weighted by atomic mass is 127. The van der Waals surface area contributed by atoms with Gasteiger partial charge in [0.1, 0.15) is 0 Å². The Kier molecular flexibility index (Phi) is 8.56. The van der Waals surface area contributed by atoms with Gasteiger partial charge in [0.15, 0.2) is 5.96 Å². The Labute approximate surface area is 167 Å². The van der Waals surface area contributed by atoms with Gasteiger partial charge in [-0.2, -0.15) is 0 Å². The van der Waals surface area contributed by atoms with Crippen LogP contribution >= 0.6 is 51.2 Å². The van der Waals surface area contributed by atoms with Crippen LogP contribution < -0.4 is 5.32 Å². The Balaban J connectivity index is 0.00000264. The van der Waals surface area contributed by atoms with Crippen LogP contribution in [0.3, 0.4) is 0 Å². The zero-order valence-corrected chi connectivity index (χ0v) is 18.6. The maximum absolute atomic E-state index is 4.73. The Bertz CT molecular complexity index is 652. The molecular weight excluding hydrogens is 489 g/mol. The third-order valence-electron chi connectivity index (χ3n) is 3.39. The molecule has 0 aliphatic carbocycles. The van der Waals surface area contributed by atoms with E-state index in [1.807, 2.05) is 12.4 Å². The van der Waals surface area contributed by atoms with Gasteiger partial charge in [-0.05, 0) is 35.8 Å². The van der Waals surface area contributed by atoms with E-state index < -0.39 is 0 Å². The average molecular weight is 512 g/mol. The van der Waals surface area contributed by atoms with E-state index >= 15 is 0 Å². The summed E-state index contributed by atoms with van der Waals surface area (Å²) in [5.74, 6) is 0.910. The molecule has 0 aliphatic rings. The number of thiazole rings is 1. The number of guanidine groups is 1. The lowest BCUT2D eigenvalue weighted by atomic mass is 10.4. The third kappa shape index (κ3) is 5.75. The lowest BCUT2D eigenvalue weighted by Crippen LogP contribution is -2.38. The van der Waals surface area contributed by atoms with Crippen LogP contribution in [0.15, 0.2) is 27.2 Å². The predicted octanol–water partition coefficient (Wildman–Crippen LogP) is 3.77. The molecule has 0 atom stereocenters. The van der Waals surface area contributed by atoms with Crippen molar-refractivity contribution in [3.05, 3.63) is 38.5 Å². The molecule has 0 aliphatic heterocycles. The number of rotatable bonds is 5. The molecule has 0 spiro atoms. The molecular formula is C15H23BrIN5S. The first-order valence-electron chi connectivity index (χ1n) is 7.20. The van der Waals surface area contributed by atoms with Crippen LogP contribution in [-0.4, -0.2) is 34.0 Å². The number of aliphatic imine (C=N–C) groups is 1. The zero-order valence-electron chi connectivity index (χ0n) is 13.8. The molecule has 2 heterocycles. The van der Waals surface area contributed by atoms with Gasteiger partial charge in [0.25, 0.3) is 0 Å². The minimum atomic E-state index is 0. The van der Waals surface area contributed by atoms with Crippen LogP contribution in [-0.2, 0) is 20.1 Å². The van der Waals surface area contributed by atoms with E-state index in [4.69, 9.17) is 4.99 Å². The molecule has 0 radical (unpaired) electrons. The molecule has 0 saturated carbocycles. The molecule has 0 amide bonds. The number of halogens is 2. The van der Waals surface area contributed by atoms with Crippen LogP contribution in [0.5, 0.6) is 0 Å². The summed E-state index contributed by atoms with van der Waals surface area (Å²) in [4.78, 5) is 12.4. The second-order valence-electron chi connectivity index (χ2n) is 5.15. The van der Waals surface area contributed by atoms with Gasteiger partial charge in [-0.3, -0.25) is 0 Å². The summed E-state index contributed by atoms with van der Waals surface area (Å²) >= 11 is 5.17. The number of nitrogens with zero attached hydrogens (tertiary/aromatic N) is 4. The predicted molar refractivity (Wildman–Crippen MR) is 112 cm³/mol. The van der Waals surface area contributed by atoms with E-state index in [2.05, 4.69) is 69.0 Å². The lowest BCUT2D eigenvalue weighted by Gasteiger charge is -2.22. The summed E-state index contributed by atoms with van der Waals surface area (Å²) in [5.41, 5.74) is 4.17. The fourth-order valence-electron chi connectivity index (χ4n) is 2.14. The standard InChI is InChI=1S/C15H22BrN5S.HI/c1-5-17-15(18-7-14-11(2)19-10-22-14)21(4)9-13-6-12(16)8-20(13)3;/h6,8,10H,5,7,9H2,1-4H3,(H,17,18);1H. The molecule has 0 bridgehead atoms. The van der Waals surface area contributed by atoms with Gasteiger partial charge in [-0.25, -0.2) is 9.98 Å². The van der Waals surface area contributed by atoms with Gasteiger partial charge in [0.05, 0.1) is 24.3 Å². The van der Waals surface area contributed by atoms with Crippen LogP contribution in [0.2, 0.25) is 0 Å². The second-order valence-corrected chi connectivity index (χ2v) is 7.00. The Morgan fingerprint density at radius 2 is 2.26 bits per heavy atom. The van der Waals surface area contributed by atoms with Gasteiger partial charge < -0.3 is 14.8 Å². The molecule has 1 N–H and O–H groups in total. The van der Waals surface area contributed by atoms with Gasteiger partial charge in [0, 0.05) is 41.9 Å². The van der Waals surface area contributed by atoms with E-state index in [0.717, 1.165) is 29.2 Å². The monoisotopic (exact) mass is 511 g/mol. The molecule has 0 saturated heterocycles. The van der Waals surface area contributed by atoms with E-state index in [0.29, 0.717) is 6.54 Å². The molecule has 2 aromatic rings. The topological polar surface area (TPSA) is 45.5 Å². The van der Waals surface area contributed by atoms with Crippen molar-refractivity contribution in [1.29, 1.82) is 0 Å². The smallest absolute Gasteiger partial charge is 0.194 e. The van der Waals surface area contributed by atoms with E-state index in [-0.39, 0.29) is 24.0 Å². The minimum absolute atomic E-state index is 0. The van der Waals surface area contributed by atoms with Gasteiger partial charge >= 0.3 is 0 Å². The van der Waals surface area contributed by atoms with Crippen molar-refractivity contribution in [3.8, 4) is 0 Å². The number of hydrogen-bond acceptors (Lipinski definition) is 3. The Morgan fingerprint density at radius 3 is 2.78 bits per heavy atom. The van der Waals surface area contributed by atoms with Crippen molar-refractivity contribution >= 4 is 57.2 Å². The highest BCUT2D eigenvalue weighted by Crippen LogP contribution is 2.16. The fraction of sp³-hybridized carbons (Fsp3) is 0.467. The Hall–Kier alpha value is -0.610. The maximum Gasteiger partial charge on any atom is 0.194 e. The molecule has 8 heteroatoms. The molecule has 0 unspecified atom stereocenters. The largest absolute Gasteiger partial charge is 0.357 e. The van der Waals surface area contributed by atoms with Crippen molar-refractivity contribution in [2.45, 2.75) is 26.9 Å². The highest BCUT2D eigenvalue weighted by molar-refractivity contribution is 14.0. The maximum atomic E-state index is 4.73. The number of hydrogen-bond donors (Lipinski definition) is 1. The molecule has 128 valence electrons. The molecule has 2 rings (SSSR count). The second kappa shape index (κ2) is 9.63. The van der Waals surface area contributed by atoms with Crippen molar-refractivity contribution in [2.75, 3.05) is 13.6 Å². The molecule has 23 heavy (non-hydrogen) atoms. The lowest BCUT2D eigenvalue weighted by molar-refractivity contribution is 0.462. The number of nitrogens with one attached hydrogen (secondary N) is 1. The van der Waals surface area contributed by atoms with Crippen LogP contribution in [0.4, 0.5) is 0 Å². The third-order valence-corrected chi connectivity index (χ3v) is 4.74. The first-order valence-corrected chi connectivity index (χ1v) is 8.87. The van der Waals surface area contributed by atoms with Crippen LogP contribution in [0.25, 0.3) is 0 Å². The van der Waals surface area contributed by atoms with Crippen molar-refractivity contribution in [2.24, 2.45) is 12.0 Å². The van der Waals surface area contributed by atoms with Gasteiger partial charge in [-0.15, -0.1) is 35.3 Å². The molecule has 5 nitrogen and oxygen atoms in total. The van der Waals surface area contributed by atoms with Crippen LogP contribution in [0.1, 0.15) is 23.2 Å². The van der Waals surface area contributed by atoms with Gasteiger partial charge in [-0.1, -0.05) is 0 Å². The van der Waals surface area contributed by atoms with Crippen LogP contribution in [0, 0.1) is 6.92 Å². The molecule has 2 aromatic heterocycles. The van der Waals surface area contributed by atoms with E-state index in [1.165, 1.54) is 10.6 Å². The van der Waals surface area contributed by atoms with Crippen molar-refractivity contribution < 1.29 is 0 Å². The van der Waals surface area contributed by atoms with Crippen molar-refractivity contribution in [1.82, 2.24) is 19.8 Å². The summed E-state index contributed by atoms with van der Waals surface area (Å²) in [7, 11) is 4.11. The first kappa shape index (κ1) is 20.4. The first-order chi connectivity index (χ1) is 10.5. The average Bonchev–Trinajstić information content (AvgIpc) is 3.00. The summed E-state index contributed by atoms with van der Waals surface area (Å²) < 4.78 is 3.22.